The first-order chi connectivity index (χ1) is 16.6. The number of ether oxygens (including phenoxy) is 3. The van der Waals surface area contributed by atoms with Crippen LogP contribution >= 0.6 is 0 Å². The van der Waals surface area contributed by atoms with Gasteiger partial charge in [-0.15, -0.1) is 0 Å². The molecule has 0 radical (unpaired) electrons. The molecule has 1 aliphatic carbocycles. The second kappa shape index (κ2) is 7.28. The number of para-hydroxylation sites is 1. The van der Waals surface area contributed by atoms with Crippen LogP contribution in [0, 0.1) is 5.92 Å². The van der Waals surface area contributed by atoms with Crippen molar-refractivity contribution >= 4 is 23.3 Å². The Hall–Kier alpha value is -4.45. The second-order valence-corrected chi connectivity index (χ2v) is 8.26. The van der Waals surface area contributed by atoms with Gasteiger partial charge in [0, 0.05) is 16.7 Å². The molecule has 1 spiro atoms. The Morgan fingerprint density at radius 3 is 2.32 bits per heavy atom. The van der Waals surface area contributed by atoms with Gasteiger partial charge in [0.15, 0.2) is 11.4 Å². The van der Waals surface area contributed by atoms with Crippen LogP contribution in [0.5, 0.6) is 5.75 Å². The smallest absolute Gasteiger partial charge is 0.341 e. The Morgan fingerprint density at radius 2 is 1.56 bits per heavy atom. The maximum Gasteiger partial charge on any atom is 0.341 e. The van der Waals surface area contributed by atoms with E-state index in [0.29, 0.717) is 33.6 Å². The number of allylic oxidation sites excluding steroid dienone is 1. The maximum atomic E-state index is 14.2. The van der Waals surface area contributed by atoms with E-state index in [9.17, 15) is 14.4 Å². The molecule has 6 heteroatoms. The molecule has 3 aromatic carbocycles. The molecule has 0 amide bonds. The van der Waals surface area contributed by atoms with Crippen LogP contribution in [0.2, 0.25) is 0 Å². The summed E-state index contributed by atoms with van der Waals surface area (Å²) < 4.78 is 17.4. The van der Waals surface area contributed by atoms with Crippen molar-refractivity contribution in [2.45, 2.75) is 5.60 Å². The summed E-state index contributed by atoms with van der Waals surface area (Å²) in [4.78, 5) is 40.1. The van der Waals surface area contributed by atoms with Gasteiger partial charge in [-0.2, -0.15) is 0 Å². The maximum absolute atomic E-state index is 14.2. The molecule has 0 bridgehead atoms. The fourth-order valence-electron chi connectivity index (χ4n) is 5.10. The summed E-state index contributed by atoms with van der Waals surface area (Å²) in [6.45, 7) is 0. The number of hydrogen-bond acceptors (Lipinski definition) is 6. The van der Waals surface area contributed by atoms with Crippen molar-refractivity contribution in [1.29, 1.82) is 0 Å². The van der Waals surface area contributed by atoms with Gasteiger partial charge in [0.25, 0.3) is 0 Å². The van der Waals surface area contributed by atoms with Crippen molar-refractivity contribution in [3.05, 3.63) is 119 Å². The lowest BCUT2D eigenvalue weighted by Crippen LogP contribution is -2.48. The number of carbonyl (C=O) groups excluding carboxylic acids is 3. The number of carbonyl (C=O) groups is 3. The quantitative estimate of drug-likeness (QED) is 0.545. The number of methoxy groups -OCH3 is 1. The summed E-state index contributed by atoms with van der Waals surface area (Å²) in [6.07, 6.45) is 1.50. The molecular formula is C28H18O6. The van der Waals surface area contributed by atoms with Crippen molar-refractivity contribution in [3.8, 4) is 5.75 Å². The van der Waals surface area contributed by atoms with E-state index in [1.807, 2.05) is 18.2 Å². The predicted octanol–water partition coefficient (Wildman–Crippen LogP) is 4.20. The summed E-state index contributed by atoms with van der Waals surface area (Å²) in [5.41, 5.74) is 1.07. The third kappa shape index (κ3) is 2.59. The van der Waals surface area contributed by atoms with Crippen LogP contribution in [0.15, 0.2) is 96.3 Å². The van der Waals surface area contributed by atoms with Crippen LogP contribution in [-0.2, 0) is 24.7 Å². The van der Waals surface area contributed by atoms with Crippen LogP contribution in [0.25, 0.3) is 5.57 Å². The predicted molar refractivity (Wildman–Crippen MR) is 122 cm³/mol. The molecule has 6 nitrogen and oxygen atoms in total. The Morgan fingerprint density at radius 1 is 0.882 bits per heavy atom. The van der Waals surface area contributed by atoms with E-state index in [0.717, 1.165) is 0 Å². The number of hydrogen-bond donors (Lipinski definition) is 0. The first-order valence-electron chi connectivity index (χ1n) is 10.8. The summed E-state index contributed by atoms with van der Waals surface area (Å²) in [5, 5.41) is 0. The number of fused-ring (bicyclic) bond motifs is 6. The minimum atomic E-state index is -1.48. The average molecular weight is 450 g/mol. The van der Waals surface area contributed by atoms with Gasteiger partial charge in [0.1, 0.15) is 17.4 Å². The zero-order valence-electron chi connectivity index (χ0n) is 18.1. The van der Waals surface area contributed by atoms with Crippen molar-refractivity contribution < 1.29 is 28.6 Å². The van der Waals surface area contributed by atoms with E-state index < -0.39 is 23.5 Å². The Kier molecular flexibility index (Phi) is 4.32. The van der Waals surface area contributed by atoms with Crippen molar-refractivity contribution in [1.82, 2.24) is 0 Å². The first kappa shape index (κ1) is 20.2. The van der Waals surface area contributed by atoms with Crippen LogP contribution in [0.4, 0.5) is 0 Å². The Balaban J connectivity index is 1.70. The minimum Gasteiger partial charge on any atom is -0.465 e. The summed E-state index contributed by atoms with van der Waals surface area (Å²) in [7, 11) is 1.27. The Bertz CT molecular complexity index is 1450. The fourth-order valence-corrected chi connectivity index (χ4v) is 5.10. The van der Waals surface area contributed by atoms with E-state index in [-0.39, 0.29) is 17.1 Å². The van der Waals surface area contributed by atoms with Gasteiger partial charge in [0.2, 0.25) is 0 Å². The normalized spacial score (nSPS) is 22.3. The second-order valence-electron chi connectivity index (χ2n) is 8.26. The van der Waals surface area contributed by atoms with Gasteiger partial charge in [-0.25, -0.2) is 9.59 Å². The molecule has 2 aliphatic heterocycles. The number of Topliss-reactive ketones (excluding diaryl/α,β-unsaturated/α-hetero) is 1. The van der Waals surface area contributed by atoms with Crippen LogP contribution in [-0.4, -0.2) is 24.8 Å². The number of benzene rings is 3. The van der Waals surface area contributed by atoms with Crippen molar-refractivity contribution in [2.75, 3.05) is 7.11 Å². The van der Waals surface area contributed by atoms with E-state index in [2.05, 4.69) is 0 Å². The molecule has 2 heterocycles. The largest absolute Gasteiger partial charge is 0.465 e. The highest BCUT2D eigenvalue weighted by Gasteiger charge is 2.62. The third-order valence-electron chi connectivity index (χ3n) is 6.55. The molecule has 166 valence electrons. The van der Waals surface area contributed by atoms with Gasteiger partial charge in [-0.3, -0.25) is 4.79 Å². The highest BCUT2D eigenvalue weighted by molar-refractivity contribution is 6.26. The molecule has 2 atom stereocenters. The van der Waals surface area contributed by atoms with Gasteiger partial charge in [-0.1, -0.05) is 66.7 Å². The molecule has 34 heavy (non-hydrogen) atoms. The number of esters is 2. The molecule has 3 aromatic rings. The van der Waals surface area contributed by atoms with E-state index in [1.54, 1.807) is 60.7 Å². The van der Waals surface area contributed by atoms with E-state index >= 15 is 0 Å². The fraction of sp³-hybridized carbons (Fsp3) is 0.107. The van der Waals surface area contributed by atoms with Gasteiger partial charge in [-0.05, 0) is 23.8 Å². The van der Waals surface area contributed by atoms with Crippen LogP contribution < -0.4 is 4.74 Å². The lowest BCUT2D eigenvalue weighted by atomic mass is 9.67. The van der Waals surface area contributed by atoms with Gasteiger partial charge in [0.05, 0.1) is 18.2 Å². The highest BCUT2D eigenvalue weighted by atomic mass is 16.6. The average Bonchev–Trinajstić information content (AvgIpc) is 3.17. The molecule has 2 unspecified atom stereocenters. The molecule has 0 N–H and O–H groups in total. The van der Waals surface area contributed by atoms with Crippen LogP contribution in [0.3, 0.4) is 0 Å². The lowest BCUT2D eigenvalue weighted by molar-refractivity contribution is -0.136. The van der Waals surface area contributed by atoms with Crippen molar-refractivity contribution in [2.24, 2.45) is 5.92 Å². The monoisotopic (exact) mass is 450 g/mol. The van der Waals surface area contributed by atoms with Gasteiger partial charge < -0.3 is 14.2 Å². The summed E-state index contributed by atoms with van der Waals surface area (Å²) >= 11 is 0. The molecular weight excluding hydrogens is 432 g/mol. The summed E-state index contributed by atoms with van der Waals surface area (Å²) in [6, 6.07) is 23.2. The molecule has 6 rings (SSSR count). The molecule has 0 fully saturated rings. The zero-order valence-corrected chi connectivity index (χ0v) is 18.1. The Labute approximate surface area is 195 Å². The topological polar surface area (TPSA) is 78.9 Å². The lowest BCUT2D eigenvalue weighted by Gasteiger charge is -2.43. The molecule has 0 aromatic heterocycles. The van der Waals surface area contributed by atoms with E-state index in [4.69, 9.17) is 14.2 Å². The highest BCUT2D eigenvalue weighted by Crippen LogP contribution is 2.58. The SMILES string of the molecule is COC(=O)C1=C2Oc3ccccc3C3(OC(=O)c4ccccc43)C2C(=O)C(c2ccccc2)=C1. The molecule has 0 saturated carbocycles. The first-order valence-corrected chi connectivity index (χ1v) is 10.8. The molecule has 3 aliphatic rings. The number of ketones is 1. The summed E-state index contributed by atoms with van der Waals surface area (Å²) in [5.74, 6) is -2.08. The van der Waals surface area contributed by atoms with Crippen LogP contribution in [0.1, 0.15) is 27.0 Å². The minimum absolute atomic E-state index is 0.111. The van der Waals surface area contributed by atoms with E-state index in [1.165, 1.54) is 13.2 Å². The van der Waals surface area contributed by atoms with Gasteiger partial charge >= 0.3 is 11.9 Å². The number of rotatable bonds is 2. The van der Waals surface area contributed by atoms with Crippen molar-refractivity contribution in [3.63, 3.8) is 0 Å². The zero-order chi connectivity index (χ0) is 23.4. The molecule has 0 saturated heterocycles. The third-order valence-corrected chi connectivity index (χ3v) is 6.55. The standard InChI is InChI=1S/C28H18O6/c1-32-26(30)19-15-18(16-9-3-2-4-10-16)24(29)23-25(19)33-22-14-8-7-13-21(22)28(23)20-12-6-5-11-17(20)27(31)34-28/h2-15,23H,1H3.